The van der Waals surface area contributed by atoms with Gasteiger partial charge < -0.3 is 14.6 Å². The number of hydrogen-bond acceptors (Lipinski definition) is 2. The van der Waals surface area contributed by atoms with E-state index in [0.29, 0.717) is 25.1 Å². The predicted molar refractivity (Wildman–Crippen MR) is 69.4 cm³/mol. The van der Waals surface area contributed by atoms with Crippen LogP contribution < -0.4 is 0 Å². The standard InChI is InChI=1S/C14H16N2O2/c1-15-6-4-10-2-3-11(8-13(10)15)14(18)16-7-5-12(17)9-16/h2-4,6,8,12,17H,5,7,9H2,1H3. The molecule has 0 saturated carbocycles. The lowest BCUT2D eigenvalue weighted by atomic mass is 10.1. The first kappa shape index (κ1) is 11.3. The lowest BCUT2D eigenvalue weighted by Gasteiger charge is -2.15. The molecule has 1 aliphatic heterocycles. The van der Waals surface area contributed by atoms with Crippen LogP contribution in [0.15, 0.2) is 30.5 Å². The zero-order valence-electron chi connectivity index (χ0n) is 10.3. The van der Waals surface area contributed by atoms with Crippen molar-refractivity contribution >= 4 is 16.8 Å². The lowest BCUT2D eigenvalue weighted by Crippen LogP contribution is -2.29. The number of aliphatic hydroxyl groups is 1. The third-order valence-electron chi connectivity index (χ3n) is 3.59. The van der Waals surface area contributed by atoms with Crippen molar-refractivity contribution in [2.45, 2.75) is 12.5 Å². The molecule has 2 aromatic rings. The van der Waals surface area contributed by atoms with Gasteiger partial charge in [0.25, 0.3) is 5.91 Å². The summed E-state index contributed by atoms with van der Waals surface area (Å²) in [6.07, 6.45) is 2.30. The highest BCUT2D eigenvalue weighted by Crippen LogP contribution is 2.19. The van der Waals surface area contributed by atoms with E-state index in [1.807, 2.05) is 42.1 Å². The van der Waals surface area contributed by atoms with Crippen LogP contribution in [-0.2, 0) is 7.05 Å². The van der Waals surface area contributed by atoms with E-state index >= 15 is 0 Å². The molecule has 1 atom stereocenters. The van der Waals surface area contributed by atoms with E-state index in [-0.39, 0.29) is 12.0 Å². The van der Waals surface area contributed by atoms with Gasteiger partial charge in [-0.3, -0.25) is 4.79 Å². The molecule has 1 N–H and O–H groups in total. The van der Waals surface area contributed by atoms with Gasteiger partial charge in [-0.25, -0.2) is 0 Å². The third-order valence-corrected chi connectivity index (χ3v) is 3.59. The number of amides is 1. The van der Waals surface area contributed by atoms with E-state index in [9.17, 15) is 9.90 Å². The van der Waals surface area contributed by atoms with Gasteiger partial charge in [0, 0.05) is 37.4 Å². The van der Waals surface area contributed by atoms with E-state index < -0.39 is 0 Å². The van der Waals surface area contributed by atoms with E-state index in [4.69, 9.17) is 0 Å². The van der Waals surface area contributed by atoms with Crippen LogP contribution in [0, 0.1) is 0 Å². The molecular weight excluding hydrogens is 228 g/mol. The molecule has 1 aromatic heterocycles. The number of aryl methyl sites for hydroxylation is 1. The van der Waals surface area contributed by atoms with Crippen molar-refractivity contribution in [2.24, 2.45) is 7.05 Å². The number of carbonyl (C=O) groups is 1. The van der Waals surface area contributed by atoms with E-state index in [1.54, 1.807) is 4.90 Å². The molecule has 0 bridgehead atoms. The van der Waals surface area contributed by atoms with Crippen LogP contribution in [0.1, 0.15) is 16.8 Å². The van der Waals surface area contributed by atoms with Crippen LogP contribution in [0.4, 0.5) is 0 Å². The Morgan fingerprint density at radius 2 is 2.22 bits per heavy atom. The van der Waals surface area contributed by atoms with Gasteiger partial charge in [-0.2, -0.15) is 0 Å². The fourth-order valence-electron chi connectivity index (χ4n) is 2.50. The minimum atomic E-state index is -0.368. The summed E-state index contributed by atoms with van der Waals surface area (Å²) in [5, 5.41) is 10.6. The fraction of sp³-hybridized carbons (Fsp3) is 0.357. The van der Waals surface area contributed by atoms with Crippen molar-refractivity contribution in [2.75, 3.05) is 13.1 Å². The van der Waals surface area contributed by atoms with Gasteiger partial charge in [-0.05, 0) is 30.0 Å². The van der Waals surface area contributed by atoms with Crippen LogP contribution in [-0.4, -0.2) is 39.7 Å². The van der Waals surface area contributed by atoms with Gasteiger partial charge in [0.2, 0.25) is 0 Å². The molecule has 1 aromatic carbocycles. The normalized spacial score (nSPS) is 19.7. The average Bonchev–Trinajstić information content (AvgIpc) is 2.95. The highest BCUT2D eigenvalue weighted by molar-refractivity contribution is 5.98. The van der Waals surface area contributed by atoms with Gasteiger partial charge in [0.1, 0.15) is 0 Å². The second-order valence-corrected chi connectivity index (χ2v) is 4.89. The molecule has 4 nitrogen and oxygen atoms in total. The lowest BCUT2D eigenvalue weighted by molar-refractivity contribution is 0.0765. The van der Waals surface area contributed by atoms with Crippen LogP contribution in [0.2, 0.25) is 0 Å². The molecule has 0 radical (unpaired) electrons. The fourth-order valence-corrected chi connectivity index (χ4v) is 2.50. The molecule has 0 aliphatic carbocycles. The number of likely N-dealkylation sites (tertiary alicyclic amines) is 1. The third kappa shape index (κ3) is 1.78. The Bertz CT molecular complexity index is 603. The first-order valence-electron chi connectivity index (χ1n) is 6.17. The molecule has 1 amide bonds. The van der Waals surface area contributed by atoms with Crippen molar-refractivity contribution < 1.29 is 9.90 Å². The minimum Gasteiger partial charge on any atom is -0.391 e. The molecular formula is C14H16N2O2. The number of β-amino-alcohol motifs (C(OH)–C–C–N with tert-alkyl or cyclic N) is 1. The first-order chi connectivity index (χ1) is 8.65. The highest BCUT2D eigenvalue weighted by Gasteiger charge is 2.25. The number of hydrogen-bond donors (Lipinski definition) is 1. The Labute approximate surface area is 105 Å². The van der Waals surface area contributed by atoms with Crippen molar-refractivity contribution in [3.05, 3.63) is 36.0 Å². The summed E-state index contributed by atoms with van der Waals surface area (Å²) in [5.41, 5.74) is 1.75. The van der Waals surface area contributed by atoms with E-state index in [1.165, 1.54) is 0 Å². The molecule has 1 aliphatic rings. The Kier molecular flexibility index (Phi) is 2.59. The maximum atomic E-state index is 12.3. The molecule has 0 spiro atoms. The molecule has 2 heterocycles. The summed E-state index contributed by atoms with van der Waals surface area (Å²) in [7, 11) is 1.97. The van der Waals surface area contributed by atoms with Crippen LogP contribution >= 0.6 is 0 Å². The summed E-state index contributed by atoms with van der Waals surface area (Å²) in [6.45, 7) is 1.09. The van der Waals surface area contributed by atoms with Crippen molar-refractivity contribution in [1.82, 2.24) is 9.47 Å². The van der Waals surface area contributed by atoms with Gasteiger partial charge >= 0.3 is 0 Å². The number of carbonyl (C=O) groups excluding carboxylic acids is 1. The van der Waals surface area contributed by atoms with Gasteiger partial charge in [0.05, 0.1) is 6.10 Å². The number of aromatic nitrogens is 1. The zero-order chi connectivity index (χ0) is 12.7. The topological polar surface area (TPSA) is 45.5 Å². The quantitative estimate of drug-likeness (QED) is 0.824. The maximum absolute atomic E-state index is 12.3. The average molecular weight is 244 g/mol. The van der Waals surface area contributed by atoms with Gasteiger partial charge in [-0.15, -0.1) is 0 Å². The summed E-state index contributed by atoms with van der Waals surface area (Å²) in [4.78, 5) is 14.0. The summed E-state index contributed by atoms with van der Waals surface area (Å²) in [5.74, 6) is 0.00894. The van der Waals surface area contributed by atoms with Crippen molar-refractivity contribution in [3.63, 3.8) is 0 Å². The first-order valence-corrected chi connectivity index (χ1v) is 6.17. The van der Waals surface area contributed by atoms with E-state index in [0.717, 1.165) is 10.9 Å². The van der Waals surface area contributed by atoms with Crippen LogP contribution in [0.3, 0.4) is 0 Å². The molecule has 3 rings (SSSR count). The Hall–Kier alpha value is -1.81. The number of nitrogens with zero attached hydrogens (tertiary/aromatic N) is 2. The van der Waals surface area contributed by atoms with Crippen molar-refractivity contribution in [3.8, 4) is 0 Å². The number of rotatable bonds is 1. The number of fused-ring (bicyclic) bond motifs is 1. The molecule has 94 valence electrons. The minimum absolute atomic E-state index is 0.00894. The monoisotopic (exact) mass is 244 g/mol. The zero-order valence-corrected chi connectivity index (χ0v) is 10.3. The second kappa shape index (κ2) is 4.14. The summed E-state index contributed by atoms with van der Waals surface area (Å²) >= 11 is 0. The number of benzene rings is 1. The number of aliphatic hydroxyl groups excluding tert-OH is 1. The summed E-state index contributed by atoms with van der Waals surface area (Å²) in [6, 6.07) is 7.77. The molecule has 1 saturated heterocycles. The van der Waals surface area contributed by atoms with Crippen molar-refractivity contribution in [1.29, 1.82) is 0 Å². The Balaban J connectivity index is 1.94. The molecule has 18 heavy (non-hydrogen) atoms. The smallest absolute Gasteiger partial charge is 0.254 e. The van der Waals surface area contributed by atoms with Crippen LogP contribution in [0.5, 0.6) is 0 Å². The molecule has 1 unspecified atom stereocenters. The molecule has 4 heteroatoms. The maximum Gasteiger partial charge on any atom is 0.254 e. The Morgan fingerprint density at radius 3 is 2.94 bits per heavy atom. The van der Waals surface area contributed by atoms with Gasteiger partial charge in [-0.1, -0.05) is 6.07 Å². The SMILES string of the molecule is Cn1ccc2ccc(C(=O)N3CCC(O)C3)cc21. The molecule has 1 fully saturated rings. The van der Waals surface area contributed by atoms with Crippen LogP contribution in [0.25, 0.3) is 10.9 Å². The summed E-state index contributed by atoms with van der Waals surface area (Å²) < 4.78 is 2.00. The van der Waals surface area contributed by atoms with E-state index in [2.05, 4.69) is 0 Å². The second-order valence-electron chi connectivity index (χ2n) is 4.89. The highest BCUT2D eigenvalue weighted by atomic mass is 16.3. The predicted octanol–water partition coefficient (Wildman–Crippen LogP) is 1.39. The largest absolute Gasteiger partial charge is 0.391 e. The van der Waals surface area contributed by atoms with Gasteiger partial charge in [0.15, 0.2) is 0 Å². The Morgan fingerprint density at radius 1 is 1.39 bits per heavy atom.